The third-order valence-electron chi connectivity index (χ3n) is 10.2. The molecule has 2 heteroatoms. The highest BCUT2D eigenvalue weighted by Crippen LogP contribution is 2.67. The van der Waals surface area contributed by atoms with Crippen LogP contribution in [0.25, 0.3) is 0 Å². The van der Waals surface area contributed by atoms with Crippen molar-refractivity contribution in [3.05, 3.63) is 11.6 Å². The Morgan fingerprint density at radius 1 is 1.00 bits per heavy atom. The fourth-order valence-electron chi connectivity index (χ4n) is 8.49. The summed E-state index contributed by atoms with van der Waals surface area (Å²) in [6.07, 6.45) is 14.4. The molecule has 0 saturated heterocycles. The van der Waals surface area contributed by atoms with Crippen LogP contribution in [0, 0.1) is 40.4 Å². The smallest absolute Gasteiger partial charge is 0.0657 e. The van der Waals surface area contributed by atoms with E-state index in [-0.39, 0.29) is 6.10 Å². The van der Waals surface area contributed by atoms with Crippen LogP contribution in [0.1, 0.15) is 98.8 Å². The van der Waals surface area contributed by atoms with Gasteiger partial charge in [-0.3, -0.25) is 0 Å². The summed E-state index contributed by atoms with van der Waals surface area (Å²) in [5.74, 6) is 4.12. The third kappa shape index (κ3) is 3.31. The summed E-state index contributed by atoms with van der Waals surface area (Å²) in [6, 6.07) is 0. The van der Waals surface area contributed by atoms with Crippen LogP contribution < -0.4 is 0 Å². The van der Waals surface area contributed by atoms with Crippen LogP contribution in [0.3, 0.4) is 0 Å². The van der Waals surface area contributed by atoms with Crippen molar-refractivity contribution in [1.29, 1.82) is 0 Å². The molecule has 160 valence electrons. The highest BCUT2D eigenvalue weighted by Gasteiger charge is 2.59. The number of hydrogen-bond acceptors (Lipinski definition) is 2. The number of fused-ring (bicyclic) bond motifs is 5. The first-order valence-electron chi connectivity index (χ1n) is 12.2. The molecular formula is C26H44O2. The molecule has 2 N–H and O–H groups in total. The predicted octanol–water partition coefficient (Wildman–Crippen LogP) is 6.11. The minimum absolute atomic E-state index is 0.159. The number of allylic oxidation sites excluding steroid dienone is 1. The van der Waals surface area contributed by atoms with E-state index >= 15 is 0 Å². The van der Waals surface area contributed by atoms with Gasteiger partial charge in [0.15, 0.2) is 0 Å². The lowest BCUT2D eigenvalue weighted by Crippen LogP contribution is -2.52. The molecule has 0 aromatic heterocycles. The first-order chi connectivity index (χ1) is 13.1. The molecule has 0 bridgehead atoms. The van der Waals surface area contributed by atoms with Gasteiger partial charge in [-0.1, -0.05) is 32.4 Å². The maximum atomic E-state index is 10.6. The van der Waals surface area contributed by atoms with E-state index < -0.39 is 5.60 Å². The van der Waals surface area contributed by atoms with Crippen LogP contribution in [-0.4, -0.2) is 21.9 Å². The summed E-state index contributed by atoms with van der Waals surface area (Å²) >= 11 is 0. The van der Waals surface area contributed by atoms with Gasteiger partial charge < -0.3 is 10.2 Å². The Morgan fingerprint density at radius 2 is 1.75 bits per heavy atom. The molecule has 0 amide bonds. The molecule has 4 aliphatic carbocycles. The second kappa shape index (κ2) is 7.12. The first-order valence-corrected chi connectivity index (χ1v) is 12.2. The van der Waals surface area contributed by atoms with Crippen molar-refractivity contribution < 1.29 is 10.2 Å². The van der Waals surface area contributed by atoms with E-state index in [1.54, 1.807) is 5.57 Å². The van der Waals surface area contributed by atoms with E-state index in [9.17, 15) is 10.2 Å². The quantitative estimate of drug-likeness (QED) is 0.570. The Balaban J connectivity index is 1.54. The molecule has 4 rings (SSSR count). The van der Waals surface area contributed by atoms with Gasteiger partial charge in [-0.25, -0.2) is 0 Å². The largest absolute Gasteiger partial charge is 0.393 e. The van der Waals surface area contributed by atoms with Gasteiger partial charge in [-0.05, 0) is 118 Å². The van der Waals surface area contributed by atoms with Crippen molar-refractivity contribution in [1.82, 2.24) is 0 Å². The fourth-order valence-corrected chi connectivity index (χ4v) is 8.49. The van der Waals surface area contributed by atoms with Gasteiger partial charge in [0.2, 0.25) is 0 Å². The van der Waals surface area contributed by atoms with Crippen LogP contribution in [0.5, 0.6) is 0 Å². The standard InChI is InChI=1S/C26H44O2/c1-17(6-7-18(2)27)21-10-11-22-20-9-8-19-16-24(3,28)14-15-25(19,4)23(20)12-13-26(21,22)5/h8,17-18,20-23,27-28H,6-7,9-16H2,1-5H3/t17-,18-,20+,21-,22+,23+,24+,25+,26-/m1/s1. The van der Waals surface area contributed by atoms with Crippen molar-refractivity contribution in [2.24, 2.45) is 40.4 Å². The topological polar surface area (TPSA) is 40.5 Å². The van der Waals surface area contributed by atoms with Crippen molar-refractivity contribution in [3.63, 3.8) is 0 Å². The average molecular weight is 389 g/mol. The fraction of sp³-hybridized carbons (Fsp3) is 0.923. The highest BCUT2D eigenvalue weighted by molar-refractivity contribution is 5.26. The molecule has 2 nitrogen and oxygen atoms in total. The molecule has 9 atom stereocenters. The second-order valence-corrected chi connectivity index (χ2v) is 12.1. The van der Waals surface area contributed by atoms with Gasteiger partial charge in [-0.15, -0.1) is 0 Å². The van der Waals surface area contributed by atoms with Crippen LogP contribution in [0.2, 0.25) is 0 Å². The van der Waals surface area contributed by atoms with E-state index in [1.165, 1.54) is 44.9 Å². The number of rotatable bonds is 4. The maximum absolute atomic E-state index is 10.6. The summed E-state index contributed by atoms with van der Waals surface area (Å²) in [7, 11) is 0. The molecule has 0 aromatic carbocycles. The van der Waals surface area contributed by atoms with Gasteiger partial charge in [0.05, 0.1) is 11.7 Å². The Hall–Kier alpha value is -0.340. The Morgan fingerprint density at radius 3 is 2.46 bits per heavy atom. The summed E-state index contributed by atoms with van der Waals surface area (Å²) in [6.45, 7) is 11.6. The lowest BCUT2D eigenvalue weighted by atomic mass is 9.46. The van der Waals surface area contributed by atoms with Crippen LogP contribution >= 0.6 is 0 Å². The second-order valence-electron chi connectivity index (χ2n) is 12.1. The maximum Gasteiger partial charge on any atom is 0.0657 e. The molecule has 28 heavy (non-hydrogen) atoms. The van der Waals surface area contributed by atoms with E-state index in [0.29, 0.717) is 10.8 Å². The van der Waals surface area contributed by atoms with Crippen molar-refractivity contribution >= 4 is 0 Å². The number of aliphatic hydroxyl groups excluding tert-OH is 1. The minimum atomic E-state index is -0.487. The van der Waals surface area contributed by atoms with Crippen molar-refractivity contribution in [2.75, 3.05) is 0 Å². The summed E-state index contributed by atoms with van der Waals surface area (Å²) < 4.78 is 0. The molecule has 0 heterocycles. The van der Waals surface area contributed by atoms with Gasteiger partial charge in [0.1, 0.15) is 0 Å². The van der Waals surface area contributed by atoms with Gasteiger partial charge >= 0.3 is 0 Å². The normalized spacial score (nSPS) is 50.2. The zero-order chi connectivity index (χ0) is 20.3. The molecule has 0 spiro atoms. The summed E-state index contributed by atoms with van der Waals surface area (Å²) in [5.41, 5.74) is 1.93. The molecule has 0 radical (unpaired) electrons. The van der Waals surface area contributed by atoms with Crippen LogP contribution in [0.4, 0.5) is 0 Å². The zero-order valence-electron chi connectivity index (χ0n) is 19.0. The highest BCUT2D eigenvalue weighted by atomic mass is 16.3. The number of aliphatic hydroxyl groups is 2. The molecule has 4 aliphatic rings. The monoisotopic (exact) mass is 388 g/mol. The SMILES string of the molecule is C[C@H](CC[C@@H](C)O)[C@H]1CC[C@H]2[C@@H]3CC=C4C[C@@](C)(O)CC[C@]4(C)[C@H]3CC[C@]12C. The molecule has 3 saturated carbocycles. The van der Waals surface area contributed by atoms with Gasteiger partial charge in [0, 0.05) is 0 Å². The van der Waals surface area contributed by atoms with Crippen LogP contribution in [-0.2, 0) is 0 Å². The lowest BCUT2D eigenvalue weighted by Gasteiger charge is -2.59. The van der Waals surface area contributed by atoms with Gasteiger partial charge in [0.25, 0.3) is 0 Å². The Labute approximate surface area is 173 Å². The van der Waals surface area contributed by atoms with Crippen LogP contribution in [0.15, 0.2) is 11.6 Å². The zero-order valence-corrected chi connectivity index (χ0v) is 19.0. The minimum Gasteiger partial charge on any atom is -0.393 e. The molecule has 0 unspecified atom stereocenters. The Kier molecular flexibility index (Phi) is 5.32. The molecule has 0 aliphatic heterocycles. The predicted molar refractivity (Wildman–Crippen MR) is 116 cm³/mol. The van der Waals surface area contributed by atoms with E-state index in [4.69, 9.17) is 0 Å². The van der Waals surface area contributed by atoms with Crippen molar-refractivity contribution in [3.8, 4) is 0 Å². The van der Waals surface area contributed by atoms with E-state index in [0.717, 1.165) is 48.9 Å². The average Bonchev–Trinajstić information content (AvgIpc) is 2.97. The first kappa shape index (κ1) is 20.9. The molecular weight excluding hydrogens is 344 g/mol. The molecule has 0 aromatic rings. The van der Waals surface area contributed by atoms with E-state index in [2.05, 4.69) is 26.8 Å². The summed E-state index contributed by atoms with van der Waals surface area (Å²) in [4.78, 5) is 0. The van der Waals surface area contributed by atoms with Crippen molar-refractivity contribution in [2.45, 2.75) is 111 Å². The van der Waals surface area contributed by atoms with Gasteiger partial charge in [-0.2, -0.15) is 0 Å². The Bertz CT molecular complexity index is 620. The third-order valence-corrected chi connectivity index (χ3v) is 10.2. The molecule has 3 fully saturated rings. The number of hydrogen-bond donors (Lipinski definition) is 2. The lowest BCUT2D eigenvalue weighted by molar-refractivity contribution is -0.0708. The van der Waals surface area contributed by atoms with E-state index in [1.807, 2.05) is 13.8 Å². The summed E-state index contributed by atoms with van der Waals surface area (Å²) in [5, 5.41) is 20.4.